The predicted molar refractivity (Wildman–Crippen MR) is 182 cm³/mol. The van der Waals surface area contributed by atoms with Crippen molar-refractivity contribution in [2.24, 2.45) is 0 Å². The third-order valence-corrected chi connectivity index (χ3v) is 9.21. The summed E-state index contributed by atoms with van der Waals surface area (Å²) in [6, 6.07) is 14.9. The number of halogens is 2. The number of rotatable bonds is 8. The largest absolute Gasteiger partial charge is 0.368 e. The molecule has 2 aliphatic rings. The van der Waals surface area contributed by atoms with Gasteiger partial charge in [-0.2, -0.15) is 0 Å². The number of nitrogens with one attached hydrogen (secondary N) is 2. The third-order valence-electron chi connectivity index (χ3n) is 9.21. The Bertz CT molecular complexity index is 2020. The molecule has 3 aromatic heterocycles. The maximum atomic E-state index is 15.1. The van der Waals surface area contributed by atoms with E-state index in [1.54, 1.807) is 12.3 Å². The van der Waals surface area contributed by atoms with Crippen LogP contribution in [0.4, 0.5) is 26.2 Å². The molecule has 252 valence electrons. The Balaban J connectivity index is 0.967. The highest BCUT2D eigenvalue weighted by Crippen LogP contribution is 2.31. The number of benzene rings is 2. The third kappa shape index (κ3) is 6.71. The number of fused-ring (bicyclic) bond motifs is 1. The van der Waals surface area contributed by atoms with Gasteiger partial charge in [0.05, 0.1) is 29.5 Å². The standard InChI is InChI=1S/C36H37F2N9O2/c1-21(2)47-22(3)41-34-28(37)16-25(17-30(34)47)33-29(38)19-40-36(44-33)42-31-10-8-26(18-39-31)46-14-12-45(13-15-46)20-23-4-6-24(7-5-23)27-9-11-32(48)43-35(27)49/h4-8,10,16-19,21,27H,9,11-15,20H2,1-3H3,(H,43,48,49)(H,39,40,42,44). The predicted octanol–water partition coefficient (Wildman–Crippen LogP) is 5.64. The molecule has 2 aromatic carbocycles. The van der Waals surface area contributed by atoms with Crippen molar-refractivity contribution in [3.8, 4) is 11.3 Å². The Morgan fingerprint density at radius 3 is 2.41 bits per heavy atom. The minimum Gasteiger partial charge on any atom is -0.368 e. The number of nitrogens with zero attached hydrogens (tertiary/aromatic N) is 7. The normalized spacial score (nSPS) is 17.2. The van der Waals surface area contributed by atoms with Crippen LogP contribution in [0.3, 0.4) is 0 Å². The number of aryl methyl sites for hydroxylation is 1. The van der Waals surface area contributed by atoms with Crippen molar-refractivity contribution in [3.63, 3.8) is 0 Å². The van der Waals surface area contributed by atoms with Gasteiger partial charge in [0.15, 0.2) is 11.6 Å². The van der Waals surface area contributed by atoms with E-state index in [1.165, 1.54) is 11.6 Å². The highest BCUT2D eigenvalue weighted by molar-refractivity contribution is 6.00. The maximum absolute atomic E-state index is 15.1. The molecule has 2 N–H and O–H groups in total. The summed E-state index contributed by atoms with van der Waals surface area (Å²) in [5.74, 6) is -0.582. The van der Waals surface area contributed by atoms with Crippen molar-refractivity contribution in [2.45, 2.75) is 52.1 Å². The van der Waals surface area contributed by atoms with Gasteiger partial charge < -0.3 is 14.8 Å². The highest BCUT2D eigenvalue weighted by atomic mass is 19.1. The summed E-state index contributed by atoms with van der Waals surface area (Å²) < 4.78 is 32.0. The zero-order valence-electron chi connectivity index (χ0n) is 27.6. The van der Waals surface area contributed by atoms with Gasteiger partial charge in [-0.05, 0) is 62.6 Å². The van der Waals surface area contributed by atoms with Crippen molar-refractivity contribution in [2.75, 3.05) is 36.4 Å². The molecule has 1 unspecified atom stereocenters. The van der Waals surface area contributed by atoms with E-state index in [-0.39, 0.29) is 40.9 Å². The molecular formula is C36H37F2N9O2. The van der Waals surface area contributed by atoms with Crippen LogP contribution in [0.5, 0.6) is 0 Å². The average Bonchev–Trinajstić information content (AvgIpc) is 3.43. The van der Waals surface area contributed by atoms with Crippen molar-refractivity contribution in [1.82, 2.24) is 34.7 Å². The number of pyridine rings is 1. The Morgan fingerprint density at radius 1 is 0.939 bits per heavy atom. The number of anilines is 3. The Hall–Kier alpha value is -5.30. The second-order valence-electron chi connectivity index (χ2n) is 12.9. The first-order valence-electron chi connectivity index (χ1n) is 16.5. The molecule has 2 aliphatic heterocycles. The number of piperidine rings is 1. The van der Waals surface area contributed by atoms with E-state index >= 15 is 4.39 Å². The molecular weight excluding hydrogens is 628 g/mol. The molecule has 49 heavy (non-hydrogen) atoms. The molecule has 0 aliphatic carbocycles. The lowest BCUT2D eigenvalue weighted by molar-refractivity contribution is -0.134. The SMILES string of the molecule is Cc1nc2c(F)cc(-c3nc(Nc4ccc(N5CCN(Cc6ccc(C7CCC(=O)NC7=O)cc6)CC5)cn4)ncc3F)cc2n1C(C)C. The van der Waals surface area contributed by atoms with Crippen molar-refractivity contribution in [3.05, 3.63) is 89.5 Å². The first kappa shape index (κ1) is 32.3. The van der Waals surface area contributed by atoms with Crippen LogP contribution in [0.1, 0.15) is 55.6 Å². The fourth-order valence-electron chi connectivity index (χ4n) is 6.74. The van der Waals surface area contributed by atoms with Gasteiger partial charge in [-0.1, -0.05) is 24.3 Å². The van der Waals surface area contributed by atoms with Crippen LogP contribution >= 0.6 is 0 Å². The van der Waals surface area contributed by atoms with Gasteiger partial charge in [0.2, 0.25) is 17.8 Å². The van der Waals surface area contributed by atoms with Crippen LogP contribution in [0.25, 0.3) is 22.3 Å². The molecule has 0 bridgehead atoms. The summed E-state index contributed by atoms with van der Waals surface area (Å²) in [6.07, 6.45) is 3.77. The van der Waals surface area contributed by atoms with Gasteiger partial charge in [0.25, 0.3) is 0 Å². The molecule has 0 spiro atoms. The average molecular weight is 666 g/mol. The van der Waals surface area contributed by atoms with Gasteiger partial charge in [0, 0.05) is 50.7 Å². The first-order chi connectivity index (χ1) is 23.6. The minimum absolute atomic E-state index is 0.0211. The van der Waals surface area contributed by atoms with Crippen molar-refractivity contribution in [1.29, 1.82) is 0 Å². The van der Waals surface area contributed by atoms with E-state index in [4.69, 9.17) is 0 Å². The summed E-state index contributed by atoms with van der Waals surface area (Å²) >= 11 is 0. The Morgan fingerprint density at radius 2 is 1.71 bits per heavy atom. The number of amides is 2. The van der Waals surface area contributed by atoms with Crippen LogP contribution < -0.4 is 15.5 Å². The smallest absolute Gasteiger partial charge is 0.234 e. The monoisotopic (exact) mass is 665 g/mol. The minimum atomic E-state index is -0.664. The number of piperazine rings is 1. The quantitative estimate of drug-likeness (QED) is 0.203. The lowest BCUT2D eigenvalue weighted by Gasteiger charge is -2.36. The number of hydrogen-bond donors (Lipinski definition) is 2. The van der Waals surface area contributed by atoms with E-state index in [0.717, 1.165) is 50.2 Å². The van der Waals surface area contributed by atoms with E-state index in [9.17, 15) is 14.0 Å². The van der Waals surface area contributed by atoms with Gasteiger partial charge in [-0.3, -0.25) is 19.8 Å². The van der Waals surface area contributed by atoms with Crippen LogP contribution in [-0.4, -0.2) is 67.4 Å². The second-order valence-corrected chi connectivity index (χ2v) is 12.9. The van der Waals surface area contributed by atoms with Gasteiger partial charge in [0.1, 0.15) is 22.9 Å². The van der Waals surface area contributed by atoms with Gasteiger partial charge in [-0.25, -0.2) is 28.7 Å². The molecule has 5 aromatic rings. The summed E-state index contributed by atoms with van der Waals surface area (Å²) in [5.41, 5.74) is 4.19. The number of carbonyl (C=O) groups is 2. The van der Waals surface area contributed by atoms with Crippen LogP contribution in [0, 0.1) is 18.6 Å². The lowest BCUT2D eigenvalue weighted by atomic mass is 9.90. The first-order valence-corrected chi connectivity index (χ1v) is 16.5. The molecule has 1 atom stereocenters. The van der Waals surface area contributed by atoms with Crippen LogP contribution in [0.2, 0.25) is 0 Å². The Kier molecular flexibility index (Phi) is 8.76. The van der Waals surface area contributed by atoms with Crippen LogP contribution in [0.15, 0.2) is 60.9 Å². The number of hydrogen-bond acceptors (Lipinski definition) is 9. The zero-order valence-corrected chi connectivity index (χ0v) is 27.6. The molecule has 5 heterocycles. The van der Waals surface area contributed by atoms with E-state index in [2.05, 4.69) is 52.5 Å². The van der Waals surface area contributed by atoms with E-state index in [0.29, 0.717) is 35.6 Å². The number of aromatic nitrogens is 5. The van der Waals surface area contributed by atoms with Crippen molar-refractivity contribution >= 4 is 40.3 Å². The zero-order chi connectivity index (χ0) is 34.2. The number of imide groups is 1. The maximum Gasteiger partial charge on any atom is 0.234 e. The fourth-order valence-corrected chi connectivity index (χ4v) is 6.74. The molecule has 2 amide bonds. The van der Waals surface area contributed by atoms with Gasteiger partial charge >= 0.3 is 0 Å². The van der Waals surface area contributed by atoms with Crippen LogP contribution in [-0.2, 0) is 16.1 Å². The second kappa shape index (κ2) is 13.3. The summed E-state index contributed by atoms with van der Waals surface area (Å²) in [4.78, 5) is 45.7. The summed E-state index contributed by atoms with van der Waals surface area (Å²) in [5, 5.41) is 5.48. The molecule has 0 saturated carbocycles. The lowest BCUT2D eigenvalue weighted by Crippen LogP contribution is -2.46. The number of imidazole rings is 1. The van der Waals surface area contributed by atoms with Crippen molar-refractivity contribution < 1.29 is 18.4 Å². The topological polar surface area (TPSA) is 121 Å². The van der Waals surface area contributed by atoms with E-state index in [1.807, 2.05) is 49.6 Å². The number of carbonyl (C=O) groups excluding carboxylic acids is 2. The molecule has 2 saturated heterocycles. The molecule has 13 heteroatoms. The fraction of sp³-hybridized carbons (Fsp3) is 0.333. The molecule has 7 rings (SSSR count). The molecule has 0 radical (unpaired) electrons. The highest BCUT2D eigenvalue weighted by Gasteiger charge is 2.28. The van der Waals surface area contributed by atoms with E-state index < -0.39 is 11.6 Å². The molecule has 11 nitrogen and oxygen atoms in total. The summed E-state index contributed by atoms with van der Waals surface area (Å²) in [6.45, 7) is 10.0. The molecule has 2 fully saturated rings. The van der Waals surface area contributed by atoms with Gasteiger partial charge in [-0.15, -0.1) is 0 Å². The Labute approximate surface area is 282 Å². The summed E-state index contributed by atoms with van der Waals surface area (Å²) in [7, 11) is 0.